The van der Waals surface area contributed by atoms with Crippen molar-refractivity contribution in [1.82, 2.24) is 9.78 Å². The average Bonchev–Trinajstić information content (AvgIpc) is 2.07. The molecular formula is C7H12ClN3. The van der Waals surface area contributed by atoms with Crippen LogP contribution in [-0.4, -0.2) is 9.78 Å². The molecule has 0 amide bonds. The zero-order valence-corrected chi connectivity index (χ0v) is 7.68. The molecular weight excluding hydrogens is 162 g/mol. The van der Waals surface area contributed by atoms with E-state index in [-0.39, 0.29) is 6.04 Å². The quantitative estimate of drug-likeness (QED) is 0.698. The average molecular weight is 174 g/mol. The Kier molecular flexibility index (Phi) is 2.20. The summed E-state index contributed by atoms with van der Waals surface area (Å²) in [7, 11) is 1.84. The number of hydrogen-bond acceptors (Lipinski definition) is 2. The fourth-order valence-corrected chi connectivity index (χ4v) is 1.48. The maximum absolute atomic E-state index is 5.95. The van der Waals surface area contributed by atoms with Gasteiger partial charge >= 0.3 is 0 Å². The normalized spacial score (nSPS) is 13.5. The van der Waals surface area contributed by atoms with E-state index in [1.807, 2.05) is 20.9 Å². The van der Waals surface area contributed by atoms with Crippen LogP contribution in [0.3, 0.4) is 0 Å². The van der Waals surface area contributed by atoms with Gasteiger partial charge in [0.15, 0.2) is 0 Å². The summed E-state index contributed by atoms with van der Waals surface area (Å²) < 4.78 is 1.72. The van der Waals surface area contributed by atoms with Crippen molar-refractivity contribution in [2.24, 2.45) is 12.8 Å². The van der Waals surface area contributed by atoms with Gasteiger partial charge in [-0.2, -0.15) is 5.10 Å². The van der Waals surface area contributed by atoms with Gasteiger partial charge in [-0.15, -0.1) is 0 Å². The van der Waals surface area contributed by atoms with E-state index in [0.717, 1.165) is 11.4 Å². The summed E-state index contributed by atoms with van der Waals surface area (Å²) in [6.07, 6.45) is 0. The molecule has 0 fully saturated rings. The Bertz CT molecular complexity index is 265. The predicted octanol–water partition coefficient (Wildman–Crippen LogP) is 1.40. The lowest BCUT2D eigenvalue weighted by atomic mass is 10.2. The van der Waals surface area contributed by atoms with Gasteiger partial charge in [0.05, 0.1) is 16.4 Å². The van der Waals surface area contributed by atoms with Crippen LogP contribution in [0.15, 0.2) is 0 Å². The molecule has 62 valence electrons. The molecule has 0 saturated carbocycles. The predicted molar refractivity (Wildman–Crippen MR) is 45.6 cm³/mol. The molecule has 0 bridgehead atoms. The zero-order valence-electron chi connectivity index (χ0n) is 6.93. The van der Waals surface area contributed by atoms with Gasteiger partial charge in [-0.1, -0.05) is 11.6 Å². The first-order valence-electron chi connectivity index (χ1n) is 3.48. The van der Waals surface area contributed by atoms with E-state index in [0.29, 0.717) is 5.02 Å². The Balaban J connectivity index is 3.22. The van der Waals surface area contributed by atoms with Crippen LogP contribution < -0.4 is 5.73 Å². The van der Waals surface area contributed by atoms with E-state index >= 15 is 0 Å². The van der Waals surface area contributed by atoms with Crippen LogP contribution >= 0.6 is 11.6 Å². The molecule has 0 aromatic carbocycles. The number of hydrogen-bond donors (Lipinski definition) is 1. The number of nitrogens with two attached hydrogens (primary N) is 1. The first-order valence-corrected chi connectivity index (χ1v) is 3.86. The maximum atomic E-state index is 5.95. The van der Waals surface area contributed by atoms with E-state index in [1.54, 1.807) is 4.68 Å². The van der Waals surface area contributed by atoms with Crippen molar-refractivity contribution < 1.29 is 0 Å². The van der Waals surface area contributed by atoms with Crippen molar-refractivity contribution in [3.8, 4) is 0 Å². The molecule has 0 spiro atoms. The minimum Gasteiger partial charge on any atom is -0.323 e. The first kappa shape index (κ1) is 8.56. The van der Waals surface area contributed by atoms with Crippen LogP contribution in [-0.2, 0) is 7.05 Å². The minimum absolute atomic E-state index is 0.0614. The molecule has 3 nitrogen and oxygen atoms in total. The molecule has 0 radical (unpaired) electrons. The monoisotopic (exact) mass is 173 g/mol. The molecule has 1 atom stereocenters. The van der Waals surface area contributed by atoms with Crippen molar-refractivity contribution >= 4 is 11.6 Å². The zero-order chi connectivity index (χ0) is 8.59. The van der Waals surface area contributed by atoms with Crippen molar-refractivity contribution in [3.05, 3.63) is 16.4 Å². The lowest BCUT2D eigenvalue weighted by molar-refractivity contribution is 0.651. The minimum atomic E-state index is -0.0614. The Morgan fingerprint density at radius 3 is 2.36 bits per heavy atom. The second kappa shape index (κ2) is 2.83. The van der Waals surface area contributed by atoms with Gasteiger partial charge in [-0.3, -0.25) is 4.68 Å². The van der Waals surface area contributed by atoms with Gasteiger partial charge in [0.25, 0.3) is 0 Å². The Morgan fingerprint density at radius 2 is 2.18 bits per heavy atom. The summed E-state index contributed by atoms with van der Waals surface area (Å²) in [6, 6.07) is -0.0614. The second-order valence-electron chi connectivity index (χ2n) is 2.70. The van der Waals surface area contributed by atoms with Crippen LogP contribution in [0.1, 0.15) is 24.4 Å². The van der Waals surface area contributed by atoms with Gasteiger partial charge in [0.1, 0.15) is 0 Å². The molecule has 2 N–H and O–H groups in total. The highest BCUT2D eigenvalue weighted by Crippen LogP contribution is 2.23. The number of halogens is 1. The SMILES string of the molecule is Cc1nn(C)c(C(C)N)c1Cl. The van der Waals surface area contributed by atoms with Gasteiger partial charge in [-0.05, 0) is 13.8 Å². The molecule has 4 heteroatoms. The molecule has 0 aliphatic carbocycles. The topological polar surface area (TPSA) is 43.8 Å². The Morgan fingerprint density at radius 1 is 1.64 bits per heavy atom. The van der Waals surface area contributed by atoms with E-state index in [9.17, 15) is 0 Å². The lowest BCUT2D eigenvalue weighted by Crippen LogP contribution is -2.10. The van der Waals surface area contributed by atoms with Crippen LogP contribution in [0.2, 0.25) is 5.02 Å². The number of aryl methyl sites for hydroxylation is 2. The summed E-state index contributed by atoms with van der Waals surface area (Å²) >= 11 is 5.95. The van der Waals surface area contributed by atoms with Crippen LogP contribution in [0.25, 0.3) is 0 Å². The summed E-state index contributed by atoms with van der Waals surface area (Å²) in [5, 5.41) is 4.82. The van der Waals surface area contributed by atoms with Crippen LogP contribution in [0.4, 0.5) is 0 Å². The van der Waals surface area contributed by atoms with Crippen LogP contribution in [0, 0.1) is 6.92 Å². The molecule has 1 aromatic rings. The standard InChI is InChI=1S/C7H12ClN3/c1-4(9)7-6(8)5(2)10-11(7)3/h4H,9H2,1-3H3. The summed E-state index contributed by atoms with van der Waals surface area (Å²) in [5.41, 5.74) is 7.41. The fraction of sp³-hybridized carbons (Fsp3) is 0.571. The molecule has 1 rings (SSSR count). The number of aromatic nitrogens is 2. The molecule has 1 heterocycles. The van der Waals surface area contributed by atoms with Crippen LogP contribution in [0.5, 0.6) is 0 Å². The van der Waals surface area contributed by atoms with E-state index in [4.69, 9.17) is 17.3 Å². The van der Waals surface area contributed by atoms with E-state index < -0.39 is 0 Å². The van der Waals surface area contributed by atoms with Gasteiger partial charge in [0.2, 0.25) is 0 Å². The third-order valence-electron chi connectivity index (χ3n) is 1.62. The van der Waals surface area contributed by atoms with E-state index in [1.165, 1.54) is 0 Å². The third-order valence-corrected chi connectivity index (χ3v) is 2.09. The Labute approximate surface area is 71.1 Å². The second-order valence-corrected chi connectivity index (χ2v) is 3.07. The molecule has 1 unspecified atom stereocenters. The van der Waals surface area contributed by atoms with E-state index in [2.05, 4.69) is 5.10 Å². The third kappa shape index (κ3) is 1.39. The van der Waals surface area contributed by atoms with Crippen molar-refractivity contribution in [2.75, 3.05) is 0 Å². The summed E-state index contributed by atoms with van der Waals surface area (Å²) in [4.78, 5) is 0. The van der Waals surface area contributed by atoms with Crippen molar-refractivity contribution in [3.63, 3.8) is 0 Å². The number of rotatable bonds is 1. The fourth-order valence-electron chi connectivity index (χ4n) is 1.14. The lowest BCUT2D eigenvalue weighted by Gasteiger charge is -2.05. The van der Waals surface area contributed by atoms with Crippen molar-refractivity contribution in [2.45, 2.75) is 19.9 Å². The van der Waals surface area contributed by atoms with Gasteiger partial charge in [-0.25, -0.2) is 0 Å². The molecule has 1 aromatic heterocycles. The maximum Gasteiger partial charge on any atom is 0.0863 e. The molecule has 11 heavy (non-hydrogen) atoms. The highest BCUT2D eigenvalue weighted by atomic mass is 35.5. The highest BCUT2D eigenvalue weighted by molar-refractivity contribution is 6.31. The van der Waals surface area contributed by atoms with Gasteiger partial charge in [0, 0.05) is 13.1 Å². The Hall–Kier alpha value is -0.540. The highest BCUT2D eigenvalue weighted by Gasteiger charge is 2.13. The first-order chi connectivity index (χ1) is 5.04. The largest absolute Gasteiger partial charge is 0.323 e. The number of nitrogens with zero attached hydrogens (tertiary/aromatic N) is 2. The molecule has 0 aliphatic heterocycles. The summed E-state index contributed by atoms with van der Waals surface area (Å²) in [6.45, 7) is 3.76. The molecule has 0 aliphatic rings. The van der Waals surface area contributed by atoms with Gasteiger partial charge < -0.3 is 5.73 Å². The smallest absolute Gasteiger partial charge is 0.0863 e. The van der Waals surface area contributed by atoms with Crippen molar-refractivity contribution in [1.29, 1.82) is 0 Å². The summed E-state index contributed by atoms with van der Waals surface area (Å²) in [5.74, 6) is 0. The molecule has 0 saturated heterocycles.